The molecule has 1 atom stereocenters. The van der Waals surface area contributed by atoms with Crippen LogP contribution in [0, 0.1) is 0 Å². The number of hydrogen-bond donors (Lipinski definition) is 2. The fourth-order valence-corrected chi connectivity index (χ4v) is 5.18. The maximum atomic E-state index is 12.4. The van der Waals surface area contributed by atoms with Gasteiger partial charge in [-0.3, -0.25) is 14.4 Å². The van der Waals surface area contributed by atoms with Gasteiger partial charge in [-0.2, -0.15) is 0 Å². The summed E-state index contributed by atoms with van der Waals surface area (Å²) < 4.78 is 5.80. The van der Waals surface area contributed by atoms with Gasteiger partial charge in [0.2, 0.25) is 5.91 Å². The minimum atomic E-state index is -1.03. The monoisotopic (exact) mass is 606 g/mol. The van der Waals surface area contributed by atoms with Gasteiger partial charge in [0.15, 0.2) is 0 Å². The van der Waals surface area contributed by atoms with Crippen molar-refractivity contribution < 1.29 is 24.2 Å². The van der Waals surface area contributed by atoms with Crippen molar-refractivity contribution in [3.8, 4) is 0 Å². The van der Waals surface area contributed by atoms with Gasteiger partial charge in [0.05, 0.1) is 0 Å². The van der Waals surface area contributed by atoms with Crippen LogP contribution in [0.5, 0.6) is 0 Å². The number of carbonyl (C=O) groups is 3. The first-order valence-electron chi connectivity index (χ1n) is 18.0. The minimum absolute atomic E-state index is 0.0319. The maximum Gasteiger partial charge on any atom is 0.322 e. The van der Waals surface area contributed by atoms with Gasteiger partial charge in [-0.15, -0.1) is 0 Å². The summed E-state index contributed by atoms with van der Waals surface area (Å²) in [5.74, 6) is -1.33. The fourth-order valence-electron chi connectivity index (χ4n) is 5.18. The number of hydrogen-bond acceptors (Lipinski definition) is 4. The molecule has 6 nitrogen and oxygen atoms in total. The number of rotatable bonds is 32. The van der Waals surface area contributed by atoms with E-state index in [0.717, 1.165) is 57.8 Å². The van der Waals surface area contributed by atoms with Crippen molar-refractivity contribution in [2.45, 2.75) is 187 Å². The molecule has 0 fully saturated rings. The standard InChI is InChI=1S/C37H67NO5/c1-3-5-7-8-9-10-11-12-13-14-15-16-17-18-19-20-21-22-23-24-28-32-37(42)43-34(29-6-4-2)30-26-25-27-31-35(39)38-33-36(40)41/h11-12,14-15,34H,3-10,13,16-33H2,1-2H3,(H,38,39)(H,40,41)/b12-11-,15-14-. The van der Waals surface area contributed by atoms with Crippen molar-refractivity contribution in [2.75, 3.05) is 6.54 Å². The van der Waals surface area contributed by atoms with Crippen LogP contribution in [0.3, 0.4) is 0 Å². The number of ether oxygens (including phenoxy) is 1. The van der Waals surface area contributed by atoms with Gasteiger partial charge >= 0.3 is 11.9 Å². The molecule has 0 aliphatic carbocycles. The quantitative estimate of drug-likeness (QED) is 0.0452. The lowest BCUT2D eigenvalue weighted by atomic mass is 10.0. The number of carbonyl (C=O) groups excluding carboxylic acids is 2. The summed E-state index contributed by atoms with van der Waals surface area (Å²) >= 11 is 0. The summed E-state index contributed by atoms with van der Waals surface area (Å²) in [6.07, 6.45) is 37.8. The molecule has 6 heteroatoms. The highest BCUT2D eigenvalue weighted by atomic mass is 16.5. The van der Waals surface area contributed by atoms with Crippen LogP contribution >= 0.6 is 0 Å². The molecule has 1 amide bonds. The van der Waals surface area contributed by atoms with Crippen LogP contribution < -0.4 is 5.32 Å². The van der Waals surface area contributed by atoms with Crippen LogP contribution in [0.2, 0.25) is 0 Å². The van der Waals surface area contributed by atoms with Crippen LogP contribution in [0.25, 0.3) is 0 Å². The van der Waals surface area contributed by atoms with E-state index in [-0.39, 0.29) is 24.5 Å². The van der Waals surface area contributed by atoms with Crippen molar-refractivity contribution >= 4 is 17.8 Å². The second kappa shape index (κ2) is 32.8. The summed E-state index contributed by atoms with van der Waals surface area (Å²) in [7, 11) is 0. The molecule has 0 saturated heterocycles. The zero-order chi connectivity index (χ0) is 31.6. The van der Waals surface area contributed by atoms with E-state index >= 15 is 0 Å². The van der Waals surface area contributed by atoms with Crippen LogP contribution in [-0.4, -0.2) is 35.6 Å². The van der Waals surface area contributed by atoms with Crippen molar-refractivity contribution in [1.82, 2.24) is 5.32 Å². The molecule has 0 saturated carbocycles. The molecule has 0 aliphatic rings. The van der Waals surface area contributed by atoms with Gasteiger partial charge in [-0.25, -0.2) is 0 Å². The van der Waals surface area contributed by atoms with Crippen LogP contribution in [0.1, 0.15) is 181 Å². The van der Waals surface area contributed by atoms with Gasteiger partial charge in [0, 0.05) is 12.8 Å². The lowest BCUT2D eigenvalue weighted by Crippen LogP contribution is -2.28. The smallest absolute Gasteiger partial charge is 0.322 e. The van der Waals surface area contributed by atoms with E-state index in [4.69, 9.17) is 9.84 Å². The third-order valence-electron chi connectivity index (χ3n) is 7.88. The Morgan fingerprint density at radius 2 is 1.09 bits per heavy atom. The first-order chi connectivity index (χ1) is 21.0. The minimum Gasteiger partial charge on any atom is -0.480 e. The second-order valence-corrected chi connectivity index (χ2v) is 12.1. The number of amides is 1. The number of unbranched alkanes of at least 4 members (excludes halogenated alkanes) is 17. The molecule has 0 bridgehead atoms. The molecule has 0 spiro atoms. The number of esters is 1. The molecule has 0 rings (SSSR count). The molecule has 250 valence electrons. The summed E-state index contributed by atoms with van der Waals surface area (Å²) in [4.78, 5) is 34.5. The van der Waals surface area contributed by atoms with Crippen LogP contribution in [-0.2, 0) is 19.1 Å². The largest absolute Gasteiger partial charge is 0.480 e. The third kappa shape index (κ3) is 32.6. The lowest BCUT2D eigenvalue weighted by molar-refractivity contribution is -0.150. The molecule has 0 aromatic heterocycles. The van der Waals surface area contributed by atoms with E-state index in [1.54, 1.807) is 0 Å². The number of carboxylic acid groups (broad SMARTS) is 1. The average Bonchev–Trinajstić information content (AvgIpc) is 2.99. The number of carboxylic acids is 1. The molecule has 0 aliphatic heterocycles. The third-order valence-corrected chi connectivity index (χ3v) is 7.88. The molecule has 2 N–H and O–H groups in total. The molecular weight excluding hydrogens is 538 g/mol. The van der Waals surface area contributed by atoms with Crippen LogP contribution in [0.15, 0.2) is 24.3 Å². The predicted molar refractivity (Wildman–Crippen MR) is 180 cm³/mol. The Morgan fingerprint density at radius 3 is 1.67 bits per heavy atom. The topological polar surface area (TPSA) is 92.7 Å². The molecule has 0 radical (unpaired) electrons. The van der Waals surface area contributed by atoms with E-state index in [1.165, 1.54) is 89.9 Å². The summed E-state index contributed by atoms with van der Waals surface area (Å²) in [5.41, 5.74) is 0. The summed E-state index contributed by atoms with van der Waals surface area (Å²) in [6.45, 7) is 4.08. The second-order valence-electron chi connectivity index (χ2n) is 12.1. The van der Waals surface area contributed by atoms with Crippen molar-refractivity contribution in [1.29, 1.82) is 0 Å². The highest BCUT2D eigenvalue weighted by molar-refractivity contribution is 5.80. The maximum absolute atomic E-state index is 12.4. The normalized spacial score (nSPS) is 12.2. The van der Waals surface area contributed by atoms with Gasteiger partial charge in [-0.05, 0) is 64.2 Å². The summed E-state index contributed by atoms with van der Waals surface area (Å²) in [5, 5.41) is 11.0. The zero-order valence-corrected chi connectivity index (χ0v) is 28.1. The lowest BCUT2D eigenvalue weighted by Gasteiger charge is -2.18. The molecule has 0 aromatic carbocycles. The highest BCUT2D eigenvalue weighted by Gasteiger charge is 2.14. The zero-order valence-electron chi connectivity index (χ0n) is 28.1. The van der Waals surface area contributed by atoms with Gasteiger partial charge in [0.25, 0.3) is 0 Å². The highest BCUT2D eigenvalue weighted by Crippen LogP contribution is 2.17. The first-order valence-corrected chi connectivity index (χ1v) is 18.0. The van der Waals surface area contributed by atoms with E-state index in [9.17, 15) is 14.4 Å². The molecule has 0 heterocycles. The Labute approximate surface area is 264 Å². The SMILES string of the molecule is CCCCCCC/C=C\C/C=C\CCCCCCCCCCCC(=O)OC(CCCC)CCCCCC(=O)NCC(=O)O. The number of aliphatic carboxylic acids is 1. The number of allylic oxidation sites excluding steroid dienone is 4. The molecule has 0 aromatic rings. The van der Waals surface area contributed by atoms with Gasteiger partial charge in [-0.1, -0.05) is 128 Å². The van der Waals surface area contributed by atoms with E-state index in [1.807, 2.05) is 0 Å². The van der Waals surface area contributed by atoms with E-state index in [0.29, 0.717) is 19.3 Å². The fraction of sp³-hybridized carbons (Fsp3) is 0.811. The molecular formula is C37H67NO5. The van der Waals surface area contributed by atoms with Crippen molar-refractivity contribution in [3.63, 3.8) is 0 Å². The predicted octanol–water partition coefficient (Wildman–Crippen LogP) is 10.4. The Bertz CT molecular complexity index is 718. The Morgan fingerprint density at radius 1 is 0.605 bits per heavy atom. The summed E-state index contributed by atoms with van der Waals surface area (Å²) in [6, 6.07) is 0. The Kier molecular flexibility index (Phi) is 31.2. The van der Waals surface area contributed by atoms with E-state index in [2.05, 4.69) is 43.5 Å². The van der Waals surface area contributed by atoms with Crippen molar-refractivity contribution in [3.05, 3.63) is 24.3 Å². The molecule has 43 heavy (non-hydrogen) atoms. The molecule has 1 unspecified atom stereocenters. The number of nitrogens with one attached hydrogen (secondary N) is 1. The van der Waals surface area contributed by atoms with Crippen LogP contribution in [0.4, 0.5) is 0 Å². The van der Waals surface area contributed by atoms with Gasteiger partial charge < -0.3 is 15.2 Å². The Balaban J connectivity index is 3.66. The van der Waals surface area contributed by atoms with E-state index < -0.39 is 5.97 Å². The Hall–Kier alpha value is -2.11. The van der Waals surface area contributed by atoms with Crippen molar-refractivity contribution in [2.24, 2.45) is 0 Å². The average molecular weight is 606 g/mol. The first kappa shape index (κ1) is 40.9. The van der Waals surface area contributed by atoms with Gasteiger partial charge in [0.1, 0.15) is 12.6 Å².